The lowest BCUT2D eigenvalue weighted by Gasteiger charge is -2.08. The zero-order valence-electron chi connectivity index (χ0n) is 21.4. The minimum absolute atomic E-state index is 0.0391. The molecule has 8 nitrogen and oxygen atoms in total. The van der Waals surface area contributed by atoms with Gasteiger partial charge in [-0.3, -0.25) is 0 Å². The summed E-state index contributed by atoms with van der Waals surface area (Å²) in [6.07, 6.45) is 0. The Labute approximate surface area is 220 Å². The molecule has 1 N–H and O–H groups in total. The highest BCUT2D eigenvalue weighted by molar-refractivity contribution is 7.92. The molecule has 0 spiro atoms. The molecule has 5 rings (SSSR count). The van der Waals surface area contributed by atoms with Gasteiger partial charge in [0, 0.05) is 28.4 Å². The van der Waals surface area contributed by atoms with Crippen molar-refractivity contribution in [3.8, 4) is 17.1 Å². The standard InChI is InChI=1S/C29H26N4O4S/c1-18-5-14-27-25(15-18)26(17-28(37-27)21-6-10-23(36-4)11-7-21)32-22-8-12-24(13-9-22)38(34,35)33-29-30-19(2)16-20(3)31-29/h5-17H,1-4H3,(H,30,31,33). The maximum absolute atomic E-state index is 12.9. The molecule has 0 radical (unpaired) electrons. The fourth-order valence-electron chi connectivity index (χ4n) is 4.06. The minimum Gasteiger partial charge on any atom is -0.497 e. The average molecular weight is 527 g/mol. The second kappa shape index (κ2) is 10.1. The summed E-state index contributed by atoms with van der Waals surface area (Å²) in [7, 11) is -2.24. The van der Waals surface area contributed by atoms with Gasteiger partial charge in [0.05, 0.1) is 23.0 Å². The first kappa shape index (κ1) is 25.2. The molecule has 0 aliphatic carbocycles. The van der Waals surface area contributed by atoms with Crippen LogP contribution in [0.1, 0.15) is 17.0 Å². The van der Waals surface area contributed by atoms with Crippen molar-refractivity contribution < 1.29 is 17.6 Å². The predicted molar refractivity (Wildman–Crippen MR) is 147 cm³/mol. The Kier molecular flexibility index (Phi) is 6.69. The molecule has 38 heavy (non-hydrogen) atoms. The van der Waals surface area contributed by atoms with Gasteiger partial charge in [-0.05, 0) is 87.5 Å². The maximum atomic E-state index is 12.9. The largest absolute Gasteiger partial charge is 0.497 e. The fraction of sp³-hybridized carbons (Fsp3) is 0.138. The molecule has 0 aliphatic rings. The number of benzene rings is 3. The van der Waals surface area contributed by atoms with Crippen molar-refractivity contribution in [2.45, 2.75) is 25.7 Å². The van der Waals surface area contributed by atoms with Gasteiger partial charge in [-0.15, -0.1) is 0 Å². The van der Waals surface area contributed by atoms with Crippen LogP contribution in [0.2, 0.25) is 0 Å². The number of aromatic nitrogens is 2. The Morgan fingerprint density at radius 3 is 2.18 bits per heavy atom. The van der Waals surface area contributed by atoms with Crippen molar-refractivity contribution in [3.63, 3.8) is 0 Å². The molecule has 2 heterocycles. The van der Waals surface area contributed by atoms with E-state index in [1.165, 1.54) is 12.1 Å². The first-order valence-electron chi connectivity index (χ1n) is 11.9. The molecule has 5 aromatic rings. The van der Waals surface area contributed by atoms with Crippen molar-refractivity contribution in [3.05, 3.63) is 101 Å². The number of nitrogens with one attached hydrogen (secondary N) is 1. The Balaban J connectivity index is 1.53. The summed E-state index contributed by atoms with van der Waals surface area (Å²) < 4.78 is 39.7. The van der Waals surface area contributed by atoms with Crippen LogP contribution in [0, 0.1) is 20.8 Å². The molecule has 0 saturated heterocycles. The van der Waals surface area contributed by atoms with E-state index in [9.17, 15) is 8.42 Å². The van der Waals surface area contributed by atoms with E-state index in [1.54, 1.807) is 39.2 Å². The summed E-state index contributed by atoms with van der Waals surface area (Å²) in [4.78, 5) is 13.2. The zero-order chi connectivity index (χ0) is 26.9. The summed E-state index contributed by atoms with van der Waals surface area (Å²) in [6, 6.07) is 23.5. The molecule has 0 fully saturated rings. The highest BCUT2D eigenvalue weighted by Gasteiger charge is 2.16. The third kappa shape index (κ3) is 5.42. The van der Waals surface area contributed by atoms with Crippen LogP contribution in [0.25, 0.3) is 22.3 Å². The number of hydrogen-bond donors (Lipinski definition) is 1. The topological polar surface area (TPSA) is 107 Å². The minimum atomic E-state index is -3.87. The van der Waals surface area contributed by atoms with Gasteiger partial charge >= 0.3 is 0 Å². The number of aryl methyl sites for hydroxylation is 3. The average Bonchev–Trinajstić information content (AvgIpc) is 2.88. The highest BCUT2D eigenvalue weighted by Crippen LogP contribution is 2.26. The van der Waals surface area contributed by atoms with E-state index >= 15 is 0 Å². The SMILES string of the molecule is COc1ccc(-c2cc(=Nc3ccc(S(=O)(=O)Nc4nc(C)cc(C)n4)cc3)c3cc(C)ccc3o2)cc1. The Morgan fingerprint density at radius 1 is 0.842 bits per heavy atom. The van der Waals surface area contributed by atoms with E-state index in [0.29, 0.717) is 33.8 Å². The molecule has 0 unspecified atom stereocenters. The summed E-state index contributed by atoms with van der Waals surface area (Å²) in [5.41, 5.74) is 4.60. The fourth-order valence-corrected chi connectivity index (χ4v) is 5.01. The van der Waals surface area contributed by atoms with Gasteiger partial charge in [0.2, 0.25) is 5.95 Å². The first-order chi connectivity index (χ1) is 18.2. The number of fused-ring (bicyclic) bond motifs is 1. The lowest BCUT2D eigenvalue weighted by molar-refractivity contribution is 0.415. The number of ether oxygens (including phenoxy) is 1. The molecule has 0 amide bonds. The van der Waals surface area contributed by atoms with Crippen LogP contribution in [0.4, 0.5) is 11.6 Å². The molecule has 0 saturated carbocycles. The van der Waals surface area contributed by atoms with Crippen LogP contribution in [0.15, 0.2) is 93.2 Å². The van der Waals surface area contributed by atoms with E-state index in [1.807, 2.05) is 55.5 Å². The number of rotatable bonds is 6. The second-order valence-electron chi connectivity index (χ2n) is 8.91. The molecule has 2 aromatic heterocycles. The van der Waals surface area contributed by atoms with Gasteiger partial charge < -0.3 is 9.15 Å². The molecular weight excluding hydrogens is 500 g/mol. The van der Waals surface area contributed by atoms with Crippen molar-refractivity contribution >= 4 is 32.6 Å². The third-order valence-electron chi connectivity index (χ3n) is 5.88. The van der Waals surface area contributed by atoms with E-state index in [2.05, 4.69) is 14.7 Å². The van der Waals surface area contributed by atoms with Crippen LogP contribution >= 0.6 is 0 Å². The lowest BCUT2D eigenvalue weighted by Crippen LogP contribution is -2.15. The van der Waals surface area contributed by atoms with Gasteiger partial charge in [0.25, 0.3) is 10.0 Å². The third-order valence-corrected chi connectivity index (χ3v) is 7.22. The summed E-state index contributed by atoms with van der Waals surface area (Å²) in [5, 5.41) is 1.56. The Bertz CT molecular complexity index is 1790. The zero-order valence-corrected chi connectivity index (χ0v) is 22.2. The molecule has 9 heteroatoms. The molecule has 3 aromatic carbocycles. The Hall–Kier alpha value is -4.50. The molecule has 0 aliphatic heterocycles. The molecular formula is C29H26N4O4S. The van der Waals surface area contributed by atoms with Crippen molar-refractivity contribution in [1.82, 2.24) is 9.97 Å². The summed E-state index contributed by atoms with van der Waals surface area (Å²) >= 11 is 0. The number of hydrogen-bond acceptors (Lipinski definition) is 7. The quantitative estimate of drug-likeness (QED) is 0.297. The smallest absolute Gasteiger partial charge is 0.264 e. The van der Waals surface area contributed by atoms with Crippen LogP contribution in [0.5, 0.6) is 5.75 Å². The van der Waals surface area contributed by atoms with Crippen molar-refractivity contribution in [2.24, 2.45) is 4.99 Å². The summed E-state index contributed by atoms with van der Waals surface area (Å²) in [6.45, 7) is 5.57. The lowest BCUT2D eigenvalue weighted by atomic mass is 10.1. The van der Waals surface area contributed by atoms with Crippen LogP contribution in [-0.4, -0.2) is 25.5 Å². The first-order valence-corrected chi connectivity index (χ1v) is 13.4. The summed E-state index contributed by atoms with van der Waals surface area (Å²) in [5.74, 6) is 1.44. The molecule has 192 valence electrons. The number of methoxy groups -OCH3 is 1. The van der Waals surface area contributed by atoms with Crippen LogP contribution < -0.4 is 14.8 Å². The van der Waals surface area contributed by atoms with Crippen molar-refractivity contribution in [1.29, 1.82) is 0 Å². The van der Waals surface area contributed by atoms with E-state index in [4.69, 9.17) is 14.1 Å². The number of anilines is 1. The number of nitrogens with zero attached hydrogens (tertiary/aromatic N) is 3. The molecule has 0 atom stereocenters. The molecule has 0 bridgehead atoms. The maximum Gasteiger partial charge on any atom is 0.264 e. The second-order valence-corrected chi connectivity index (χ2v) is 10.6. The predicted octanol–water partition coefficient (Wildman–Crippen LogP) is 5.86. The van der Waals surface area contributed by atoms with Gasteiger partial charge in [-0.2, -0.15) is 0 Å². The monoisotopic (exact) mass is 526 g/mol. The van der Waals surface area contributed by atoms with E-state index < -0.39 is 10.0 Å². The highest BCUT2D eigenvalue weighted by atomic mass is 32.2. The van der Waals surface area contributed by atoms with Gasteiger partial charge in [0.1, 0.15) is 17.1 Å². The Morgan fingerprint density at radius 2 is 1.53 bits per heavy atom. The van der Waals surface area contributed by atoms with Gasteiger partial charge in [0.15, 0.2) is 0 Å². The van der Waals surface area contributed by atoms with Gasteiger partial charge in [-0.25, -0.2) is 28.1 Å². The van der Waals surface area contributed by atoms with Crippen LogP contribution in [-0.2, 0) is 10.0 Å². The normalized spacial score (nSPS) is 12.1. The van der Waals surface area contributed by atoms with Crippen LogP contribution in [0.3, 0.4) is 0 Å². The van der Waals surface area contributed by atoms with Gasteiger partial charge in [-0.1, -0.05) is 11.6 Å². The van der Waals surface area contributed by atoms with Crippen molar-refractivity contribution in [2.75, 3.05) is 11.8 Å². The van der Waals surface area contributed by atoms with E-state index in [0.717, 1.165) is 22.3 Å². The van der Waals surface area contributed by atoms with E-state index in [-0.39, 0.29) is 10.8 Å². The number of sulfonamides is 1.